The van der Waals surface area contributed by atoms with Gasteiger partial charge in [0.15, 0.2) is 0 Å². The Bertz CT molecular complexity index is 211. The van der Waals surface area contributed by atoms with Crippen LogP contribution in [-0.2, 0) is 9.53 Å². The Labute approximate surface area is 98.3 Å². The summed E-state index contributed by atoms with van der Waals surface area (Å²) in [6, 6.07) is 1.12. The molecule has 0 bridgehead atoms. The highest BCUT2D eigenvalue weighted by molar-refractivity contribution is 5.69. The molecular weight excluding hydrogens is 204 g/mol. The van der Waals surface area contributed by atoms with Crippen LogP contribution >= 0.6 is 0 Å². The van der Waals surface area contributed by atoms with Crippen molar-refractivity contribution in [2.75, 3.05) is 13.2 Å². The lowest BCUT2D eigenvalue weighted by Gasteiger charge is -2.39. The van der Waals surface area contributed by atoms with Crippen LogP contribution in [0, 0.1) is 0 Å². The smallest absolute Gasteiger partial charge is 0.307 e. The van der Waals surface area contributed by atoms with Crippen molar-refractivity contribution in [2.24, 2.45) is 0 Å². The van der Waals surface area contributed by atoms with Crippen molar-refractivity contribution in [3.8, 4) is 0 Å². The molecule has 2 unspecified atom stereocenters. The Morgan fingerprint density at radius 3 is 2.56 bits per heavy atom. The van der Waals surface area contributed by atoms with Crippen molar-refractivity contribution < 1.29 is 9.53 Å². The Morgan fingerprint density at radius 1 is 1.38 bits per heavy atom. The van der Waals surface area contributed by atoms with Gasteiger partial charge in [-0.3, -0.25) is 10.2 Å². The predicted molar refractivity (Wildman–Crippen MR) is 63.9 cm³/mol. The van der Waals surface area contributed by atoms with Crippen molar-refractivity contribution in [1.82, 2.24) is 10.4 Å². The molecule has 4 nitrogen and oxygen atoms in total. The second kappa shape index (κ2) is 6.86. The van der Waals surface area contributed by atoms with Gasteiger partial charge in [0.1, 0.15) is 0 Å². The monoisotopic (exact) mass is 228 g/mol. The van der Waals surface area contributed by atoms with Crippen molar-refractivity contribution in [3.63, 3.8) is 0 Å². The van der Waals surface area contributed by atoms with Crippen LogP contribution in [0.1, 0.15) is 46.5 Å². The van der Waals surface area contributed by atoms with E-state index in [-0.39, 0.29) is 5.97 Å². The summed E-state index contributed by atoms with van der Waals surface area (Å²) < 4.78 is 4.89. The summed E-state index contributed by atoms with van der Waals surface area (Å²) >= 11 is 0. The number of hydrogen-bond acceptors (Lipinski definition) is 4. The number of hydrazine groups is 1. The topological polar surface area (TPSA) is 41.6 Å². The number of carbonyl (C=O) groups excluding carboxylic acids is 1. The molecule has 16 heavy (non-hydrogen) atoms. The number of nitrogens with one attached hydrogen (secondary N) is 1. The zero-order valence-electron chi connectivity index (χ0n) is 10.7. The van der Waals surface area contributed by atoms with Crippen LogP contribution < -0.4 is 5.43 Å². The minimum Gasteiger partial charge on any atom is -0.466 e. The zero-order valence-corrected chi connectivity index (χ0v) is 10.7. The minimum atomic E-state index is -0.118. The molecule has 1 fully saturated rings. The summed E-state index contributed by atoms with van der Waals surface area (Å²) in [5.41, 5.74) is 3.34. The van der Waals surface area contributed by atoms with Crippen LogP contribution in [0.2, 0.25) is 0 Å². The Balaban J connectivity index is 2.22. The van der Waals surface area contributed by atoms with Gasteiger partial charge >= 0.3 is 5.97 Å². The largest absolute Gasteiger partial charge is 0.466 e. The van der Waals surface area contributed by atoms with E-state index in [0.29, 0.717) is 31.7 Å². The zero-order chi connectivity index (χ0) is 12.0. The van der Waals surface area contributed by atoms with E-state index >= 15 is 0 Å². The number of esters is 1. The van der Waals surface area contributed by atoms with Crippen LogP contribution in [0.25, 0.3) is 0 Å². The molecule has 1 heterocycles. The molecule has 1 saturated heterocycles. The van der Waals surface area contributed by atoms with Crippen LogP contribution in [-0.4, -0.2) is 36.2 Å². The second-order valence-electron chi connectivity index (χ2n) is 4.50. The maximum Gasteiger partial charge on any atom is 0.307 e. The van der Waals surface area contributed by atoms with Crippen LogP contribution in [0.4, 0.5) is 0 Å². The fourth-order valence-electron chi connectivity index (χ4n) is 2.25. The first-order valence-electron chi connectivity index (χ1n) is 6.32. The Kier molecular flexibility index (Phi) is 5.77. The van der Waals surface area contributed by atoms with Gasteiger partial charge in [-0.1, -0.05) is 6.42 Å². The lowest BCUT2D eigenvalue weighted by Crippen LogP contribution is -2.52. The molecule has 1 aliphatic rings. The summed E-state index contributed by atoms with van der Waals surface area (Å²) in [5, 5.41) is 2.28. The van der Waals surface area contributed by atoms with E-state index in [1.807, 2.05) is 6.92 Å². The second-order valence-corrected chi connectivity index (χ2v) is 4.50. The molecule has 0 aromatic carbocycles. The standard InChI is InChI=1S/C12H24N2O2/c1-4-16-12(15)8-9-13-14-10(2)6-5-7-11(14)3/h10-11,13H,4-9H2,1-3H3. The van der Waals surface area contributed by atoms with Crippen molar-refractivity contribution in [2.45, 2.75) is 58.5 Å². The van der Waals surface area contributed by atoms with Gasteiger partial charge < -0.3 is 4.74 Å². The van der Waals surface area contributed by atoms with Crippen LogP contribution in [0.5, 0.6) is 0 Å². The van der Waals surface area contributed by atoms with E-state index in [4.69, 9.17) is 4.74 Å². The Morgan fingerprint density at radius 2 is 2.00 bits per heavy atom. The van der Waals surface area contributed by atoms with E-state index in [1.165, 1.54) is 19.3 Å². The summed E-state index contributed by atoms with van der Waals surface area (Å²) in [5.74, 6) is -0.118. The highest BCUT2D eigenvalue weighted by atomic mass is 16.5. The quantitative estimate of drug-likeness (QED) is 0.727. The molecule has 0 aromatic heterocycles. The molecule has 0 radical (unpaired) electrons. The summed E-state index contributed by atoms with van der Waals surface area (Å²) in [6.07, 6.45) is 4.22. The van der Waals surface area contributed by atoms with Gasteiger partial charge in [0.05, 0.1) is 13.0 Å². The van der Waals surface area contributed by atoms with E-state index < -0.39 is 0 Å². The van der Waals surface area contributed by atoms with E-state index in [1.54, 1.807) is 0 Å². The third-order valence-corrected chi connectivity index (χ3v) is 3.12. The van der Waals surface area contributed by atoms with Gasteiger partial charge in [-0.25, -0.2) is 5.01 Å². The first-order chi connectivity index (χ1) is 7.65. The maximum atomic E-state index is 11.2. The molecule has 4 heteroatoms. The SMILES string of the molecule is CCOC(=O)CCNN1C(C)CCCC1C. The number of hydrogen-bond donors (Lipinski definition) is 1. The molecule has 94 valence electrons. The van der Waals surface area contributed by atoms with Crippen molar-refractivity contribution >= 4 is 5.97 Å². The molecule has 1 aliphatic heterocycles. The molecule has 0 spiro atoms. The van der Waals surface area contributed by atoms with E-state index in [0.717, 1.165) is 0 Å². The average Bonchev–Trinajstić information content (AvgIpc) is 2.23. The van der Waals surface area contributed by atoms with Gasteiger partial charge in [-0.2, -0.15) is 0 Å². The van der Waals surface area contributed by atoms with Crippen LogP contribution in [0.15, 0.2) is 0 Å². The molecule has 1 N–H and O–H groups in total. The van der Waals surface area contributed by atoms with Gasteiger partial charge in [0.25, 0.3) is 0 Å². The molecule has 1 rings (SSSR count). The predicted octanol–water partition coefficient (Wildman–Crippen LogP) is 1.71. The third kappa shape index (κ3) is 4.10. The number of ether oxygens (including phenoxy) is 1. The average molecular weight is 228 g/mol. The summed E-state index contributed by atoms with van der Waals surface area (Å²) in [4.78, 5) is 11.2. The molecule has 0 aliphatic carbocycles. The van der Waals surface area contributed by atoms with Gasteiger partial charge in [0, 0.05) is 18.6 Å². The fraction of sp³-hybridized carbons (Fsp3) is 0.917. The molecular formula is C12H24N2O2. The first-order valence-corrected chi connectivity index (χ1v) is 6.32. The van der Waals surface area contributed by atoms with Crippen LogP contribution in [0.3, 0.4) is 0 Å². The lowest BCUT2D eigenvalue weighted by molar-refractivity contribution is -0.143. The van der Waals surface area contributed by atoms with E-state index in [2.05, 4.69) is 24.3 Å². The third-order valence-electron chi connectivity index (χ3n) is 3.12. The maximum absolute atomic E-state index is 11.2. The van der Waals surface area contributed by atoms with Gasteiger partial charge in [0.2, 0.25) is 0 Å². The molecule has 0 saturated carbocycles. The lowest BCUT2D eigenvalue weighted by atomic mass is 10.00. The van der Waals surface area contributed by atoms with Gasteiger partial charge in [-0.05, 0) is 33.6 Å². The normalized spacial score (nSPS) is 26.7. The molecule has 0 amide bonds. The number of rotatable bonds is 5. The minimum absolute atomic E-state index is 0.118. The fourth-order valence-corrected chi connectivity index (χ4v) is 2.25. The number of carbonyl (C=O) groups is 1. The Hall–Kier alpha value is -0.610. The molecule has 0 aromatic rings. The van der Waals surface area contributed by atoms with E-state index in [9.17, 15) is 4.79 Å². The highest BCUT2D eigenvalue weighted by Crippen LogP contribution is 2.19. The number of nitrogens with zero attached hydrogens (tertiary/aromatic N) is 1. The van der Waals surface area contributed by atoms with Crippen molar-refractivity contribution in [1.29, 1.82) is 0 Å². The first kappa shape index (κ1) is 13.5. The highest BCUT2D eigenvalue weighted by Gasteiger charge is 2.24. The molecule has 2 atom stereocenters. The summed E-state index contributed by atoms with van der Waals surface area (Å²) in [7, 11) is 0. The van der Waals surface area contributed by atoms with Gasteiger partial charge in [-0.15, -0.1) is 0 Å². The summed E-state index contributed by atoms with van der Waals surface area (Å²) in [6.45, 7) is 7.43. The number of piperidine rings is 1. The van der Waals surface area contributed by atoms with Crippen molar-refractivity contribution in [3.05, 3.63) is 0 Å².